The maximum Gasteiger partial charge on any atom is 0.247 e. The Hall–Kier alpha value is -5.68. The predicted octanol–water partition coefficient (Wildman–Crippen LogP) is 9.98. The molecule has 1 aliphatic carbocycles. The number of aliphatic hydroxyl groups is 2. The van der Waals surface area contributed by atoms with E-state index in [1.807, 2.05) is 88.7 Å². The molecular formula is C54H66BrCl2N13O6. The average molecular weight is 1140 g/mol. The lowest BCUT2D eigenvalue weighted by Crippen LogP contribution is -2.45. The van der Waals surface area contributed by atoms with Crippen LogP contribution >= 0.6 is 39.1 Å². The van der Waals surface area contributed by atoms with Crippen LogP contribution in [0.15, 0.2) is 114 Å². The molecule has 4 N–H and O–H groups in total. The van der Waals surface area contributed by atoms with E-state index >= 15 is 0 Å². The van der Waals surface area contributed by atoms with E-state index in [-0.39, 0.29) is 44.1 Å². The first kappa shape index (κ1) is 55.1. The van der Waals surface area contributed by atoms with E-state index in [0.29, 0.717) is 49.9 Å². The van der Waals surface area contributed by atoms with Gasteiger partial charge in [0.1, 0.15) is 0 Å². The summed E-state index contributed by atoms with van der Waals surface area (Å²) in [6.45, 7) is 6.07. The summed E-state index contributed by atoms with van der Waals surface area (Å²) >= 11 is 15.4. The molecular weight excluding hydrogens is 1080 g/mol. The van der Waals surface area contributed by atoms with Crippen molar-refractivity contribution in [3.63, 3.8) is 0 Å². The van der Waals surface area contributed by atoms with Crippen LogP contribution in [0.1, 0.15) is 76.3 Å². The number of anilines is 5. The standard InChI is InChI=1S/C26H30ClN7O3.C14H15BrN6O2.C13H17ClO.CH4/c27-20-5-3-19(4-6-20)26(18-35)8-12-32(13-9-26)22-2-1-10-34-24(22)30-25(31-34)29-21-16-28-33(17-21)11-7-23-36-14-15-37-23;15-11-2-1-4-21-13(11)18-14(19-21)17-10-8-16-20(9-10)5-3-12-22-6-7-23-12;14-12-6-4-11(5-7-12)13(10-15)8-2-1-3-9-13;/h1-6,10,16-17,23,35H,7-9,11-15,18H2,(H,29,31);1-2,4,8-9,12H,3,5-7H2,(H,17,19);4-7,15H,1-3,8-10H2;1H4. The fourth-order valence-electron chi connectivity index (χ4n) is 10.2. The number of nitrogens with one attached hydrogen (secondary N) is 2. The fraction of sp³-hybridized carbons (Fsp3) is 0.444. The number of pyridine rings is 2. The van der Waals surface area contributed by atoms with E-state index in [1.54, 1.807) is 21.4 Å². The van der Waals surface area contributed by atoms with Crippen LogP contribution in [-0.4, -0.2) is 124 Å². The molecule has 0 atom stereocenters. The molecule has 9 heterocycles. The summed E-state index contributed by atoms with van der Waals surface area (Å²) in [5.41, 5.74) is 6.35. The van der Waals surface area contributed by atoms with E-state index in [2.05, 4.69) is 75.0 Å². The summed E-state index contributed by atoms with van der Waals surface area (Å²) in [5, 5.41) is 45.6. The lowest BCUT2D eigenvalue weighted by atomic mass is 9.70. The number of hydrogen-bond acceptors (Lipinski definition) is 15. The highest BCUT2D eigenvalue weighted by Crippen LogP contribution is 2.40. The normalized spacial score (nSPS) is 17.5. The number of aromatic nitrogens is 10. The first-order valence-electron chi connectivity index (χ1n) is 25.6. The van der Waals surface area contributed by atoms with Gasteiger partial charge in [-0.05, 0) is 101 Å². The van der Waals surface area contributed by atoms with Crippen molar-refractivity contribution in [2.75, 3.05) is 68.3 Å². The molecule has 4 fully saturated rings. The monoisotopic (exact) mass is 1140 g/mol. The van der Waals surface area contributed by atoms with E-state index in [1.165, 1.54) is 24.8 Å². The molecule has 12 rings (SSSR count). The van der Waals surface area contributed by atoms with Gasteiger partial charge in [-0.1, -0.05) is 74.2 Å². The second kappa shape index (κ2) is 25.6. The van der Waals surface area contributed by atoms with Crippen molar-refractivity contribution >= 4 is 79.4 Å². The number of benzene rings is 2. The molecule has 3 aliphatic heterocycles. The van der Waals surface area contributed by atoms with E-state index < -0.39 is 0 Å². The Morgan fingerprint density at radius 2 is 1.07 bits per heavy atom. The largest absolute Gasteiger partial charge is 0.395 e. The Morgan fingerprint density at radius 1 is 0.605 bits per heavy atom. The first-order chi connectivity index (χ1) is 36.7. The van der Waals surface area contributed by atoms with Gasteiger partial charge < -0.3 is 44.7 Å². The Labute approximate surface area is 460 Å². The SMILES string of the molecule is Brc1cccn2nc(Nc3cnn(CCC4OCCO4)c3)nc12.C.OCC1(c2ccc(Cl)cc2)CCCCC1.OCC1(c2ccc(Cl)cc2)CCN(c2cccn3nc(Nc4cnn(CCC5OCCO5)c4)nc23)CC1. The molecule has 3 saturated heterocycles. The van der Waals surface area contributed by atoms with Crippen LogP contribution in [0.4, 0.5) is 29.0 Å². The number of nitrogens with zero attached hydrogens (tertiary/aromatic N) is 11. The highest BCUT2D eigenvalue weighted by molar-refractivity contribution is 9.10. The van der Waals surface area contributed by atoms with Crippen LogP contribution in [0.25, 0.3) is 11.3 Å². The highest BCUT2D eigenvalue weighted by atomic mass is 79.9. The Bertz CT molecular complexity index is 3070. The van der Waals surface area contributed by atoms with Gasteiger partial charge in [-0.2, -0.15) is 20.2 Å². The summed E-state index contributed by atoms with van der Waals surface area (Å²) in [7, 11) is 0. The number of fused-ring (bicyclic) bond motifs is 2. The molecule has 404 valence electrons. The quantitative estimate of drug-likeness (QED) is 0.0755. The minimum absolute atomic E-state index is 0. The highest BCUT2D eigenvalue weighted by Gasteiger charge is 2.37. The molecule has 4 aliphatic rings. The van der Waals surface area contributed by atoms with Crippen LogP contribution < -0.4 is 15.5 Å². The number of piperidine rings is 1. The number of rotatable bonds is 15. The summed E-state index contributed by atoms with van der Waals surface area (Å²) in [6.07, 6.45) is 20.0. The number of aryl methyl sites for hydroxylation is 2. The zero-order valence-electron chi connectivity index (χ0n) is 41.6. The molecule has 8 aromatic rings. The summed E-state index contributed by atoms with van der Waals surface area (Å²) in [6, 6.07) is 23.7. The van der Waals surface area contributed by atoms with Crippen molar-refractivity contribution in [3.05, 3.63) is 136 Å². The van der Waals surface area contributed by atoms with E-state index in [4.69, 9.17) is 47.1 Å². The van der Waals surface area contributed by atoms with Gasteiger partial charge in [0, 0.05) is 84.7 Å². The zero-order valence-corrected chi connectivity index (χ0v) is 44.7. The van der Waals surface area contributed by atoms with Crippen molar-refractivity contribution in [2.45, 2.75) is 102 Å². The third kappa shape index (κ3) is 13.3. The van der Waals surface area contributed by atoms with Gasteiger partial charge in [-0.3, -0.25) is 9.36 Å². The van der Waals surface area contributed by atoms with E-state index in [9.17, 15) is 10.2 Å². The third-order valence-corrected chi connectivity index (χ3v) is 15.5. The van der Waals surface area contributed by atoms with Crippen molar-refractivity contribution in [2.24, 2.45) is 0 Å². The molecule has 6 aromatic heterocycles. The molecule has 19 nitrogen and oxygen atoms in total. The van der Waals surface area contributed by atoms with Crippen LogP contribution in [0.3, 0.4) is 0 Å². The fourth-order valence-corrected chi connectivity index (χ4v) is 10.9. The minimum Gasteiger partial charge on any atom is -0.395 e. The minimum atomic E-state index is -0.261. The molecule has 0 radical (unpaired) electrons. The van der Waals surface area contributed by atoms with Gasteiger partial charge in [0.15, 0.2) is 23.9 Å². The van der Waals surface area contributed by atoms with Crippen molar-refractivity contribution in [1.82, 2.24) is 48.8 Å². The summed E-state index contributed by atoms with van der Waals surface area (Å²) in [5.74, 6) is 1.04. The third-order valence-electron chi connectivity index (χ3n) is 14.4. The first-order valence-corrected chi connectivity index (χ1v) is 27.1. The van der Waals surface area contributed by atoms with Crippen LogP contribution in [0, 0.1) is 0 Å². The topological polar surface area (TPSA) is 201 Å². The van der Waals surface area contributed by atoms with Gasteiger partial charge in [0.2, 0.25) is 11.9 Å². The van der Waals surface area contributed by atoms with E-state index in [0.717, 1.165) is 102 Å². The Kier molecular flexibility index (Phi) is 18.6. The molecule has 0 bridgehead atoms. The maximum atomic E-state index is 10.3. The molecule has 0 spiro atoms. The molecule has 2 aromatic carbocycles. The van der Waals surface area contributed by atoms with Gasteiger partial charge in [0.05, 0.1) is 73.6 Å². The van der Waals surface area contributed by atoms with Gasteiger partial charge >= 0.3 is 0 Å². The lowest BCUT2D eigenvalue weighted by molar-refractivity contribution is -0.0498. The van der Waals surface area contributed by atoms with Crippen molar-refractivity contribution in [1.29, 1.82) is 0 Å². The van der Waals surface area contributed by atoms with Crippen LogP contribution in [0.5, 0.6) is 0 Å². The smallest absolute Gasteiger partial charge is 0.247 e. The number of halogens is 3. The Balaban J connectivity index is 0.000000154. The molecule has 0 amide bonds. The number of aliphatic hydroxyl groups excluding tert-OH is 2. The average Bonchev–Trinajstić information content (AvgIpc) is 4.34. The second-order valence-electron chi connectivity index (χ2n) is 19.2. The molecule has 0 unspecified atom stereocenters. The second-order valence-corrected chi connectivity index (χ2v) is 21.0. The molecule has 76 heavy (non-hydrogen) atoms. The van der Waals surface area contributed by atoms with Gasteiger partial charge in [-0.15, -0.1) is 10.2 Å². The van der Waals surface area contributed by atoms with Crippen molar-refractivity contribution in [3.8, 4) is 0 Å². The number of ether oxygens (including phenoxy) is 4. The van der Waals surface area contributed by atoms with Crippen LogP contribution in [0.2, 0.25) is 10.0 Å². The summed E-state index contributed by atoms with van der Waals surface area (Å²) < 4.78 is 29.9. The van der Waals surface area contributed by atoms with Crippen LogP contribution in [-0.2, 0) is 42.9 Å². The Morgan fingerprint density at radius 3 is 1.55 bits per heavy atom. The zero-order chi connectivity index (χ0) is 51.6. The van der Waals surface area contributed by atoms with Gasteiger partial charge in [0.25, 0.3) is 0 Å². The van der Waals surface area contributed by atoms with Gasteiger partial charge in [-0.25, -0.2) is 9.03 Å². The lowest BCUT2D eigenvalue weighted by Gasteiger charge is -2.42. The van der Waals surface area contributed by atoms with Crippen molar-refractivity contribution < 1.29 is 29.2 Å². The number of hydrogen-bond donors (Lipinski definition) is 4. The molecule has 22 heteroatoms. The summed E-state index contributed by atoms with van der Waals surface area (Å²) in [4.78, 5) is 11.5. The molecule has 1 saturated carbocycles. The predicted molar refractivity (Wildman–Crippen MR) is 297 cm³/mol. The maximum absolute atomic E-state index is 10.3.